The number of carbonyl (C=O) groups excluding carboxylic acids is 2. The minimum absolute atomic E-state index is 0.0430. The number of aromatic nitrogens is 2. The molecule has 1 aromatic heterocycles. The van der Waals surface area contributed by atoms with Crippen LogP contribution in [0.2, 0.25) is 0 Å². The van der Waals surface area contributed by atoms with E-state index >= 15 is 0 Å². The number of nitrogens with zero attached hydrogens (tertiary/aromatic N) is 2. The summed E-state index contributed by atoms with van der Waals surface area (Å²) in [6.45, 7) is 1.50. The second kappa shape index (κ2) is 9.16. The highest BCUT2D eigenvalue weighted by atomic mass is 32.2. The summed E-state index contributed by atoms with van der Waals surface area (Å²) in [5, 5.41) is 3.14. The van der Waals surface area contributed by atoms with Gasteiger partial charge >= 0.3 is 0 Å². The van der Waals surface area contributed by atoms with Gasteiger partial charge in [0.25, 0.3) is 0 Å². The summed E-state index contributed by atoms with van der Waals surface area (Å²) >= 11 is 4.12. The van der Waals surface area contributed by atoms with Crippen molar-refractivity contribution in [2.24, 2.45) is 0 Å². The van der Waals surface area contributed by atoms with E-state index in [1.807, 2.05) is 36.6 Å². The second-order valence-electron chi connectivity index (χ2n) is 5.58. The lowest BCUT2D eigenvalue weighted by atomic mass is 10.1. The lowest BCUT2D eigenvalue weighted by Gasteiger charge is -2.16. The molecule has 0 radical (unpaired) electrons. The molecule has 5 nitrogen and oxygen atoms in total. The molecule has 138 valence electrons. The molecule has 0 saturated carbocycles. The van der Waals surface area contributed by atoms with Gasteiger partial charge in [0, 0.05) is 11.3 Å². The van der Waals surface area contributed by atoms with Crippen molar-refractivity contribution < 1.29 is 9.59 Å². The van der Waals surface area contributed by atoms with E-state index in [0.717, 1.165) is 9.90 Å². The quantitative estimate of drug-likeness (QED) is 0.435. The zero-order chi connectivity index (χ0) is 19.2. The fourth-order valence-corrected chi connectivity index (χ4v) is 4.76. The number of ketones is 1. The number of benzene rings is 2. The lowest BCUT2D eigenvalue weighted by Crippen LogP contribution is -2.19. The van der Waals surface area contributed by atoms with Crippen molar-refractivity contribution in [2.45, 2.75) is 21.7 Å². The molecule has 3 aromatic rings. The van der Waals surface area contributed by atoms with Gasteiger partial charge in [0.1, 0.15) is 5.25 Å². The third-order valence-corrected chi connectivity index (χ3v) is 6.37. The van der Waals surface area contributed by atoms with Gasteiger partial charge in [-0.25, -0.2) is 4.98 Å². The summed E-state index contributed by atoms with van der Waals surface area (Å²) in [4.78, 5) is 29.0. The average Bonchev–Trinajstić information content (AvgIpc) is 3.14. The van der Waals surface area contributed by atoms with Crippen LogP contribution < -0.4 is 5.32 Å². The average molecular weight is 416 g/mol. The molecule has 1 N–H and O–H groups in total. The topological polar surface area (TPSA) is 72.0 Å². The molecule has 0 aliphatic heterocycles. The maximum absolute atomic E-state index is 13.0. The van der Waals surface area contributed by atoms with Crippen molar-refractivity contribution in [2.75, 3.05) is 11.6 Å². The first kappa shape index (κ1) is 19.6. The van der Waals surface area contributed by atoms with E-state index in [1.165, 1.54) is 42.0 Å². The molecular formula is C19H17N3O2S3. The Balaban J connectivity index is 1.84. The molecule has 1 amide bonds. The van der Waals surface area contributed by atoms with Gasteiger partial charge < -0.3 is 5.32 Å². The first-order valence-corrected chi connectivity index (χ1v) is 11.0. The first-order valence-electron chi connectivity index (χ1n) is 8.08. The Labute approximate surface area is 170 Å². The van der Waals surface area contributed by atoms with E-state index in [0.29, 0.717) is 16.4 Å². The Hall–Kier alpha value is -2.16. The van der Waals surface area contributed by atoms with Crippen molar-refractivity contribution in [3.63, 3.8) is 0 Å². The highest BCUT2D eigenvalue weighted by Crippen LogP contribution is 2.37. The molecule has 3 rings (SSSR count). The van der Waals surface area contributed by atoms with Crippen molar-refractivity contribution >= 4 is 52.4 Å². The molecule has 27 heavy (non-hydrogen) atoms. The Bertz CT molecular complexity index is 944. The van der Waals surface area contributed by atoms with Crippen LogP contribution in [0.1, 0.15) is 28.1 Å². The Morgan fingerprint density at radius 3 is 2.56 bits per heavy atom. The van der Waals surface area contributed by atoms with Crippen LogP contribution >= 0.6 is 35.1 Å². The molecule has 2 aromatic carbocycles. The summed E-state index contributed by atoms with van der Waals surface area (Å²) in [5.74, 6) is -0.216. The lowest BCUT2D eigenvalue weighted by molar-refractivity contribution is -0.115. The molecule has 1 heterocycles. The summed E-state index contributed by atoms with van der Waals surface area (Å²) in [7, 11) is 0. The van der Waals surface area contributed by atoms with Gasteiger partial charge in [-0.2, -0.15) is 4.37 Å². The van der Waals surface area contributed by atoms with E-state index in [4.69, 9.17) is 0 Å². The molecule has 1 unspecified atom stereocenters. The second-order valence-corrected chi connectivity index (χ2v) is 8.46. The van der Waals surface area contributed by atoms with Crippen molar-refractivity contribution in [1.82, 2.24) is 9.36 Å². The smallest absolute Gasteiger partial charge is 0.242 e. The minimum Gasteiger partial charge on any atom is -0.325 e. The van der Waals surface area contributed by atoms with Gasteiger partial charge in [-0.1, -0.05) is 66.0 Å². The molecule has 0 fully saturated rings. The van der Waals surface area contributed by atoms with Crippen molar-refractivity contribution in [3.8, 4) is 0 Å². The molecule has 1 atom stereocenters. The standard InChI is InChI=1S/C19H17N3O2S3/c1-12(23)14-9-6-10-15(11-14)20-17(24)16(13-7-4-3-5-8-13)26-19-21-18(25-2)22-27-19/h3-11,16H,1-2H3,(H,20,24). The van der Waals surface area contributed by atoms with Crippen LogP contribution in [0.25, 0.3) is 0 Å². The molecule has 0 saturated heterocycles. The number of amides is 1. The van der Waals surface area contributed by atoms with E-state index in [9.17, 15) is 9.59 Å². The fourth-order valence-electron chi connectivity index (χ4n) is 2.35. The van der Waals surface area contributed by atoms with Gasteiger partial charge in [-0.05, 0) is 42.4 Å². The number of nitrogens with one attached hydrogen (secondary N) is 1. The predicted molar refractivity (Wildman–Crippen MR) is 112 cm³/mol. The van der Waals surface area contributed by atoms with E-state index < -0.39 is 5.25 Å². The maximum atomic E-state index is 13.0. The van der Waals surface area contributed by atoms with Crippen LogP contribution in [-0.2, 0) is 4.79 Å². The monoisotopic (exact) mass is 415 g/mol. The Kier molecular flexibility index (Phi) is 6.65. The number of Topliss-reactive ketones (excluding diaryl/α,β-unsaturated/α-hetero) is 1. The van der Waals surface area contributed by atoms with Crippen LogP contribution in [0.3, 0.4) is 0 Å². The summed E-state index contributed by atoms with van der Waals surface area (Å²) in [6.07, 6.45) is 1.92. The number of anilines is 1. The minimum atomic E-state index is -0.477. The van der Waals surface area contributed by atoms with E-state index in [-0.39, 0.29) is 11.7 Å². The van der Waals surface area contributed by atoms with Crippen molar-refractivity contribution in [1.29, 1.82) is 0 Å². The van der Waals surface area contributed by atoms with Crippen LogP contribution in [0, 0.1) is 0 Å². The highest BCUT2D eigenvalue weighted by Gasteiger charge is 2.24. The van der Waals surface area contributed by atoms with Gasteiger partial charge in [-0.3, -0.25) is 9.59 Å². The van der Waals surface area contributed by atoms with Crippen LogP contribution in [0.4, 0.5) is 5.69 Å². The molecule has 0 bridgehead atoms. The number of carbonyl (C=O) groups is 2. The van der Waals surface area contributed by atoms with Gasteiger partial charge in [-0.15, -0.1) is 0 Å². The molecular weight excluding hydrogens is 398 g/mol. The Morgan fingerprint density at radius 2 is 1.89 bits per heavy atom. The number of rotatable bonds is 7. The third-order valence-electron chi connectivity index (χ3n) is 3.67. The van der Waals surface area contributed by atoms with Crippen LogP contribution in [0.5, 0.6) is 0 Å². The molecule has 0 aliphatic rings. The number of thioether (sulfide) groups is 2. The third kappa shape index (κ3) is 5.18. The molecule has 0 spiro atoms. The van der Waals surface area contributed by atoms with Crippen LogP contribution in [0.15, 0.2) is 64.1 Å². The maximum Gasteiger partial charge on any atom is 0.242 e. The van der Waals surface area contributed by atoms with Crippen molar-refractivity contribution in [3.05, 3.63) is 65.7 Å². The normalized spacial score (nSPS) is 11.8. The number of hydrogen-bond acceptors (Lipinski definition) is 7. The predicted octanol–water partition coefficient (Wildman–Crippen LogP) is 4.93. The van der Waals surface area contributed by atoms with E-state index in [2.05, 4.69) is 14.7 Å². The van der Waals surface area contributed by atoms with Gasteiger partial charge in [0.2, 0.25) is 11.1 Å². The summed E-state index contributed by atoms with van der Waals surface area (Å²) in [6, 6.07) is 16.5. The molecule has 0 aliphatic carbocycles. The van der Waals surface area contributed by atoms with E-state index in [1.54, 1.807) is 24.3 Å². The first-order chi connectivity index (χ1) is 13.1. The Morgan fingerprint density at radius 1 is 1.11 bits per heavy atom. The van der Waals surface area contributed by atoms with Gasteiger partial charge in [0.15, 0.2) is 10.1 Å². The fraction of sp³-hybridized carbons (Fsp3) is 0.158. The largest absolute Gasteiger partial charge is 0.325 e. The van der Waals surface area contributed by atoms with Crippen LogP contribution in [-0.4, -0.2) is 27.3 Å². The molecule has 8 heteroatoms. The zero-order valence-corrected chi connectivity index (χ0v) is 17.2. The zero-order valence-electron chi connectivity index (χ0n) is 14.7. The SMILES string of the molecule is CSc1nsc(SC(C(=O)Nc2cccc(C(C)=O)c2)c2ccccc2)n1. The summed E-state index contributed by atoms with van der Waals surface area (Å²) in [5.41, 5.74) is 2.03. The highest BCUT2D eigenvalue weighted by molar-refractivity contribution is 8.02. The van der Waals surface area contributed by atoms with Gasteiger partial charge in [0.05, 0.1) is 0 Å². The summed E-state index contributed by atoms with van der Waals surface area (Å²) < 4.78 is 5.00. The number of hydrogen-bond donors (Lipinski definition) is 1.